The van der Waals surface area contributed by atoms with Crippen LogP contribution in [-0.4, -0.2) is 15.1 Å². The van der Waals surface area contributed by atoms with E-state index in [2.05, 4.69) is 23.8 Å². The molecule has 0 saturated heterocycles. The molecule has 0 amide bonds. The van der Waals surface area contributed by atoms with Crippen LogP contribution in [0.15, 0.2) is 6.20 Å². The fraction of sp³-hybridized carbons (Fsp3) is 0.600. The van der Waals surface area contributed by atoms with Gasteiger partial charge < -0.3 is 5.11 Å². The highest BCUT2D eigenvalue weighted by Crippen LogP contribution is 2.16. The molecule has 0 saturated carbocycles. The second-order valence-electron chi connectivity index (χ2n) is 3.60. The van der Waals surface area contributed by atoms with E-state index in [1.165, 1.54) is 0 Å². The summed E-state index contributed by atoms with van der Waals surface area (Å²) in [6, 6.07) is 0. The molecule has 13 heavy (non-hydrogen) atoms. The molecule has 0 radical (unpaired) electrons. The highest BCUT2D eigenvalue weighted by Gasteiger charge is 2.09. The Balaban J connectivity index is 3.06. The van der Waals surface area contributed by atoms with Crippen LogP contribution in [-0.2, 0) is 0 Å². The zero-order valence-electron chi connectivity index (χ0n) is 8.57. The van der Waals surface area contributed by atoms with Gasteiger partial charge in [-0.2, -0.15) is 0 Å². The van der Waals surface area contributed by atoms with Gasteiger partial charge in [0.1, 0.15) is 5.82 Å². The first kappa shape index (κ1) is 10.1. The molecular weight excluding hydrogens is 164 g/mol. The lowest BCUT2D eigenvalue weighted by Crippen LogP contribution is -2.04. The van der Waals surface area contributed by atoms with Crippen molar-refractivity contribution in [2.75, 3.05) is 0 Å². The number of hydrogen-bond acceptors (Lipinski definition) is 3. The molecule has 1 aromatic rings. The Hall–Kier alpha value is -0.960. The summed E-state index contributed by atoms with van der Waals surface area (Å²) in [5.41, 5.74) is 1.68. The Bertz CT molecular complexity index is 295. The molecule has 0 unspecified atom stereocenters. The normalized spacial score (nSPS) is 13.4. The van der Waals surface area contributed by atoms with E-state index in [4.69, 9.17) is 0 Å². The van der Waals surface area contributed by atoms with Crippen LogP contribution in [0, 0.1) is 6.92 Å². The van der Waals surface area contributed by atoms with Crippen LogP contribution in [0.25, 0.3) is 0 Å². The molecule has 0 fully saturated rings. The number of hydrogen-bond donors (Lipinski definition) is 1. The van der Waals surface area contributed by atoms with Crippen molar-refractivity contribution in [1.29, 1.82) is 0 Å². The van der Waals surface area contributed by atoms with E-state index in [1.54, 1.807) is 13.1 Å². The van der Waals surface area contributed by atoms with Gasteiger partial charge in [-0.1, -0.05) is 13.8 Å². The van der Waals surface area contributed by atoms with Crippen LogP contribution in [0.3, 0.4) is 0 Å². The molecule has 1 aromatic heterocycles. The average Bonchev–Trinajstić information content (AvgIpc) is 2.03. The summed E-state index contributed by atoms with van der Waals surface area (Å²) in [7, 11) is 0. The van der Waals surface area contributed by atoms with Crippen molar-refractivity contribution in [2.45, 2.75) is 39.7 Å². The van der Waals surface area contributed by atoms with Crippen molar-refractivity contribution in [2.24, 2.45) is 0 Å². The fourth-order valence-corrected chi connectivity index (χ4v) is 1.18. The van der Waals surface area contributed by atoms with Gasteiger partial charge in [0.2, 0.25) is 0 Å². The van der Waals surface area contributed by atoms with Crippen molar-refractivity contribution in [3.05, 3.63) is 23.3 Å². The summed E-state index contributed by atoms with van der Waals surface area (Å²) in [5, 5.41) is 9.35. The lowest BCUT2D eigenvalue weighted by atomic mass is 10.1. The number of aliphatic hydroxyl groups is 1. The zero-order valence-corrected chi connectivity index (χ0v) is 8.57. The van der Waals surface area contributed by atoms with Crippen LogP contribution in [0.2, 0.25) is 0 Å². The number of rotatable bonds is 2. The van der Waals surface area contributed by atoms with Crippen molar-refractivity contribution >= 4 is 0 Å². The Morgan fingerprint density at radius 3 is 2.31 bits per heavy atom. The monoisotopic (exact) mass is 180 g/mol. The molecule has 0 aliphatic carbocycles. The summed E-state index contributed by atoms with van der Waals surface area (Å²) < 4.78 is 0. The molecule has 0 aromatic carbocycles. The Kier molecular flexibility index (Phi) is 2.98. The Morgan fingerprint density at radius 2 is 1.92 bits per heavy atom. The molecule has 3 nitrogen and oxygen atoms in total. The van der Waals surface area contributed by atoms with E-state index in [1.807, 2.05) is 6.92 Å². The zero-order chi connectivity index (χ0) is 10.0. The smallest absolute Gasteiger partial charge is 0.131 e. The maximum Gasteiger partial charge on any atom is 0.131 e. The van der Waals surface area contributed by atoms with Gasteiger partial charge in [-0.3, -0.25) is 0 Å². The summed E-state index contributed by atoms with van der Waals surface area (Å²) in [5.74, 6) is 1.17. The lowest BCUT2D eigenvalue weighted by molar-refractivity contribution is 0.197. The van der Waals surface area contributed by atoms with Crippen molar-refractivity contribution in [3.63, 3.8) is 0 Å². The number of nitrogens with zero attached hydrogens (tertiary/aromatic N) is 2. The predicted molar refractivity (Wildman–Crippen MR) is 51.5 cm³/mol. The topological polar surface area (TPSA) is 46.0 Å². The minimum Gasteiger partial charge on any atom is -0.389 e. The molecule has 1 rings (SSSR count). The van der Waals surface area contributed by atoms with E-state index in [0.29, 0.717) is 5.92 Å². The molecule has 3 heteroatoms. The van der Waals surface area contributed by atoms with E-state index in [9.17, 15) is 5.11 Å². The maximum absolute atomic E-state index is 9.35. The van der Waals surface area contributed by atoms with Crippen molar-refractivity contribution < 1.29 is 5.11 Å². The van der Waals surface area contributed by atoms with Gasteiger partial charge in [-0.05, 0) is 13.8 Å². The third-order valence-corrected chi connectivity index (χ3v) is 2.00. The van der Waals surface area contributed by atoms with Gasteiger partial charge in [-0.15, -0.1) is 0 Å². The van der Waals surface area contributed by atoms with Crippen LogP contribution in [0.5, 0.6) is 0 Å². The summed E-state index contributed by atoms with van der Waals surface area (Å²) in [6.07, 6.45) is 1.23. The summed E-state index contributed by atoms with van der Waals surface area (Å²) in [4.78, 5) is 8.51. The molecular formula is C10H16N2O. The SMILES string of the molecule is Cc1nc(C(C)C)ncc1[C@@H](C)O. The number of aliphatic hydroxyl groups excluding tert-OH is 1. The van der Waals surface area contributed by atoms with Gasteiger partial charge in [0.05, 0.1) is 6.10 Å². The van der Waals surface area contributed by atoms with Crippen molar-refractivity contribution in [3.8, 4) is 0 Å². The molecule has 1 atom stereocenters. The number of aryl methyl sites for hydroxylation is 1. The second kappa shape index (κ2) is 3.83. The number of aromatic nitrogens is 2. The Morgan fingerprint density at radius 1 is 1.31 bits per heavy atom. The standard InChI is InChI=1S/C10H16N2O/c1-6(2)10-11-5-9(8(4)13)7(3)12-10/h5-6,8,13H,1-4H3/t8-/m1/s1. The van der Waals surface area contributed by atoms with Gasteiger partial charge in [0.15, 0.2) is 0 Å². The summed E-state index contributed by atoms with van der Waals surface area (Å²) in [6.45, 7) is 7.73. The third-order valence-electron chi connectivity index (χ3n) is 2.00. The average molecular weight is 180 g/mol. The molecule has 1 N–H and O–H groups in total. The van der Waals surface area contributed by atoms with Crippen molar-refractivity contribution in [1.82, 2.24) is 9.97 Å². The van der Waals surface area contributed by atoms with E-state index in [-0.39, 0.29) is 0 Å². The van der Waals surface area contributed by atoms with Gasteiger partial charge >= 0.3 is 0 Å². The van der Waals surface area contributed by atoms with Crippen LogP contribution in [0.1, 0.15) is 49.9 Å². The van der Waals surface area contributed by atoms with Crippen LogP contribution >= 0.6 is 0 Å². The molecule has 0 spiro atoms. The highest BCUT2D eigenvalue weighted by atomic mass is 16.3. The minimum absolute atomic E-state index is 0.335. The predicted octanol–water partition coefficient (Wildman–Crippen LogP) is 1.96. The molecule has 1 heterocycles. The van der Waals surface area contributed by atoms with Gasteiger partial charge in [-0.25, -0.2) is 9.97 Å². The largest absolute Gasteiger partial charge is 0.389 e. The third kappa shape index (κ3) is 2.25. The summed E-state index contributed by atoms with van der Waals surface area (Å²) >= 11 is 0. The fourth-order valence-electron chi connectivity index (χ4n) is 1.18. The minimum atomic E-state index is -0.485. The van der Waals surface area contributed by atoms with Gasteiger partial charge in [0, 0.05) is 23.4 Å². The quantitative estimate of drug-likeness (QED) is 0.756. The first-order chi connectivity index (χ1) is 6.02. The van der Waals surface area contributed by atoms with Gasteiger partial charge in [0.25, 0.3) is 0 Å². The molecule has 0 bridgehead atoms. The molecule has 0 aliphatic rings. The Labute approximate surface area is 78.9 Å². The van der Waals surface area contributed by atoms with Crippen LogP contribution in [0.4, 0.5) is 0 Å². The molecule has 72 valence electrons. The van der Waals surface area contributed by atoms with E-state index < -0.39 is 6.10 Å². The van der Waals surface area contributed by atoms with Crippen LogP contribution < -0.4 is 0 Å². The first-order valence-corrected chi connectivity index (χ1v) is 4.54. The maximum atomic E-state index is 9.35. The molecule has 0 aliphatic heterocycles. The van der Waals surface area contributed by atoms with E-state index in [0.717, 1.165) is 17.1 Å². The highest BCUT2D eigenvalue weighted by molar-refractivity contribution is 5.18. The van der Waals surface area contributed by atoms with E-state index >= 15 is 0 Å². The first-order valence-electron chi connectivity index (χ1n) is 4.54. The lowest BCUT2D eigenvalue weighted by Gasteiger charge is -2.10. The second-order valence-corrected chi connectivity index (χ2v) is 3.60.